The van der Waals surface area contributed by atoms with Gasteiger partial charge in [-0.2, -0.15) is 0 Å². The topological polar surface area (TPSA) is 61.4 Å². The van der Waals surface area contributed by atoms with Gasteiger partial charge in [-0.15, -0.1) is 0 Å². The Balaban J connectivity index is 2.21. The van der Waals surface area contributed by atoms with Crippen molar-refractivity contribution >= 4 is 11.8 Å². The van der Waals surface area contributed by atoms with Gasteiger partial charge < -0.3 is 15.5 Å². The van der Waals surface area contributed by atoms with E-state index in [0.717, 1.165) is 13.1 Å². The molecule has 0 aliphatic carbocycles. The fraction of sp³-hybridized carbons (Fsp3) is 0.429. The summed E-state index contributed by atoms with van der Waals surface area (Å²) >= 11 is 0. The molecule has 2 N–H and O–H groups in total. The Bertz CT molecular complexity index is 487. The quantitative estimate of drug-likeness (QED) is 0.814. The predicted molar refractivity (Wildman–Crippen MR) is 73.2 cm³/mol. The molecule has 2 amide bonds. The van der Waals surface area contributed by atoms with Gasteiger partial charge in [-0.1, -0.05) is 6.07 Å². The summed E-state index contributed by atoms with van der Waals surface area (Å²) in [6.45, 7) is 4.34. The van der Waals surface area contributed by atoms with Crippen LogP contribution in [0.15, 0.2) is 24.3 Å². The van der Waals surface area contributed by atoms with Gasteiger partial charge in [0.15, 0.2) is 0 Å². The third kappa shape index (κ3) is 2.93. The van der Waals surface area contributed by atoms with E-state index in [-0.39, 0.29) is 17.9 Å². The molecule has 2 rings (SSSR count). The highest BCUT2D eigenvalue weighted by molar-refractivity contribution is 5.99. The number of amides is 2. The number of benzene rings is 1. The highest BCUT2D eigenvalue weighted by Crippen LogP contribution is 2.12. The molecule has 5 nitrogen and oxygen atoms in total. The van der Waals surface area contributed by atoms with Crippen molar-refractivity contribution in [1.29, 1.82) is 0 Å². The van der Waals surface area contributed by atoms with Gasteiger partial charge in [0.05, 0.1) is 0 Å². The minimum atomic E-state index is -0.178. The van der Waals surface area contributed by atoms with Crippen molar-refractivity contribution in [2.24, 2.45) is 0 Å². The average Bonchev–Trinajstić information content (AvgIpc) is 2.46. The van der Waals surface area contributed by atoms with Crippen LogP contribution in [0.3, 0.4) is 0 Å². The zero-order chi connectivity index (χ0) is 13.8. The lowest BCUT2D eigenvalue weighted by atomic mass is 10.1. The summed E-state index contributed by atoms with van der Waals surface area (Å²) in [5, 5.41) is 5.81. The van der Waals surface area contributed by atoms with Crippen LogP contribution in [0.4, 0.5) is 0 Å². The maximum absolute atomic E-state index is 12.4. The molecule has 0 saturated carbocycles. The summed E-state index contributed by atoms with van der Waals surface area (Å²) in [5.74, 6) is -0.192. The van der Waals surface area contributed by atoms with Crippen LogP contribution in [0.25, 0.3) is 0 Å². The smallest absolute Gasteiger partial charge is 0.254 e. The summed E-state index contributed by atoms with van der Waals surface area (Å²) in [5.41, 5.74) is 1.07. The molecular weight excluding hydrogens is 242 g/mol. The first-order valence-electron chi connectivity index (χ1n) is 6.47. The van der Waals surface area contributed by atoms with Gasteiger partial charge in [0.1, 0.15) is 0 Å². The van der Waals surface area contributed by atoms with Crippen LogP contribution in [0.5, 0.6) is 0 Å². The molecule has 0 bridgehead atoms. The molecule has 1 aromatic carbocycles. The molecule has 19 heavy (non-hydrogen) atoms. The number of nitrogens with one attached hydrogen (secondary N) is 2. The summed E-state index contributed by atoms with van der Waals surface area (Å²) in [6, 6.07) is 7.02. The van der Waals surface area contributed by atoms with E-state index in [2.05, 4.69) is 10.6 Å². The van der Waals surface area contributed by atoms with Gasteiger partial charge in [-0.25, -0.2) is 0 Å². The third-order valence-corrected chi connectivity index (χ3v) is 3.36. The van der Waals surface area contributed by atoms with Crippen molar-refractivity contribution in [3.05, 3.63) is 35.4 Å². The predicted octanol–water partition coefficient (Wildman–Crippen LogP) is 0.480. The van der Waals surface area contributed by atoms with Crippen molar-refractivity contribution < 1.29 is 9.59 Å². The van der Waals surface area contributed by atoms with Crippen LogP contribution in [-0.4, -0.2) is 49.4 Å². The molecule has 1 aliphatic rings. The van der Waals surface area contributed by atoms with Gasteiger partial charge in [0.2, 0.25) is 0 Å². The second-order valence-electron chi connectivity index (χ2n) is 4.71. The number of carbonyl (C=O) groups is 2. The highest BCUT2D eigenvalue weighted by atomic mass is 16.2. The summed E-state index contributed by atoms with van der Waals surface area (Å²) in [6.07, 6.45) is 0. The number of hydrogen-bond acceptors (Lipinski definition) is 3. The molecule has 1 unspecified atom stereocenters. The van der Waals surface area contributed by atoms with Crippen molar-refractivity contribution in [3.8, 4) is 0 Å². The Morgan fingerprint density at radius 1 is 1.37 bits per heavy atom. The normalized spacial score (nSPS) is 19.1. The van der Waals surface area contributed by atoms with E-state index < -0.39 is 0 Å². The van der Waals surface area contributed by atoms with Crippen molar-refractivity contribution in [2.75, 3.05) is 26.7 Å². The van der Waals surface area contributed by atoms with Gasteiger partial charge >= 0.3 is 0 Å². The van der Waals surface area contributed by atoms with Crippen LogP contribution < -0.4 is 10.6 Å². The van der Waals surface area contributed by atoms with E-state index in [1.165, 1.54) is 0 Å². The first-order chi connectivity index (χ1) is 9.13. The molecule has 1 fully saturated rings. The molecule has 1 saturated heterocycles. The lowest BCUT2D eigenvalue weighted by Crippen LogP contribution is -2.52. The van der Waals surface area contributed by atoms with Crippen molar-refractivity contribution in [2.45, 2.75) is 13.0 Å². The molecule has 1 atom stereocenters. The van der Waals surface area contributed by atoms with E-state index in [9.17, 15) is 9.59 Å². The molecule has 0 spiro atoms. The van der Waals surface area contributed by atoms with Crippen molar-refractivity contribution in [3.63, 3.8) is 0 Å². The van der Waals surface area contributed by atoms with Crippen LogP contribution in [0.1, 0.15) is 27.6 Å². The monoisotopic (exact) mass is 261 g/mol. The van der Waals surface area contributed by atoms with Gasteiger partial charge in [0.25, 0.3) is 11.8 Å². The molecule has 0 aromatic heterocycles. The van der Waals surface area contributed by atoms with E-state index >= 15 is 0 Å². The molecular formula is C14H19N3O2. The molecule has 0 radical (unpaired) electrons. The molecule has 1 aliphatic heterocycles. The SMILES string of the molecule is CNC(=O)c1cccc(C(=O)N2CCNCC2C)c1. The number of hydrogen-bond donors (Lipinski definition) is 2. The molecule has 102 valence electrons. The Morgan fingerprint density at radius 2 is 2.11 bits per heavy atom. The minimum Gasteiger partial charge on any atom is -0.355 e. The fourth-order valence-electron chi connectivity index (χ4n) is 2.25. The first kappa shape index (κ1) is 13.5. The van der Waals surface area contributed by atoms with E-state index in [4.69, 9.17) is 0 Å². The van der Waals surface area contributed by atoms with Crippen LogP contribution in [0, 0.1) is 0 Å². The van der Waals surface area contributed by atoms with Gasteiger partial charge in [0, 0.05) is 43.9 Å². The lowest BCUT2D eigenvalue weighted by molar-refractivity contribution is 0.0656. The number of nitrogens with zero attached hydrogens (tertiary/aromatic N) is 1. The van der Waals surface area contributed by atoms with Crippen molar-refractivity contribution in [1.82, 2.24) is 15.5 Å². The highest BCUT2D eigenvalue weighted by Gasteiger charge is 2.24. The standard InChI is InChI=1S/C14H19N3O2/c1-10-9-16-6-7-17(10)14(19)12-5-3-4-11(8-12)13(18)15-2/h3-5,8,10,16H,6-7,9H2,1-2H3,(H,15,18). The maximum atomic E-state index is 12.4. The molecule has 1 aromatic rings. The number of piperazine rings is 1. The number of carbonyl (C=O) groups excluding carboxylic acids is 2. The van der Waals surface area contributed by atoms with Crippen LogP contribution >= 0.6 is 0 Å². The zero-order valence-corrected chi connectivity index (χ0v) is 11.3. The first-order valence-corrected chi connectivity index (χ1v) is 6.47. The van der Waals surface area contributed by atoms with Gasteiger partial charge in [-0.3, -0.25) is 9.59 Å². The molecule has 1 heterocycles. The Labute approximate surface area is 113 Å². The number of rotatable bonds is 2. The summed E-state index contributed by atoms with van der Waals surface area (Å²) in [7, 11) is 1.58. The maximum Gasteiger partial charge on any atom is 0.254 e. The largest absolute Gasteiger partial charge is 0.355 e. The minimum absolute atomic E-state index is 0.0141. The fourth-order valence-corrected chi connectivity index (χ4v) is 2.25. The van der Waals surface area contributed by atoms with Crippen LogP contribution in [0.2, 0.25) is 0 Å². The Kier molecular flexibility index (Phi) is 4.16. The Morgan fingerprint density at radius 3 is 2.79 bits per heavy atom. The second kappa shape index (κ2) is 5.84. The molecule has 5 heteroatoms. The van der Waals surface area contributed by atoms with E-state index in [1.807, 2.05) is 11.8 Å². The van der Waals surface area contributed by atoms with Crippen LogP contribution in [-0.2, 0) is 0 Å². The Hall–Kier alpha value is -1.88. The summed E-state index contributed by atoms with van der Waals surface area (Å²) in [4.78, 5) is 25.9. The second-order valence-corrected chi connectivity index (χ2v) is 4.71. The average molecular weight is 261 g/mol. The van der Waals surface area contributed by atoms with E-state index in [1.54, 1.807) is 31.3 Å². The lowest BCUT2D eigenvalue weighted by Gasteiger charge is -2.34. The zero-order valence-electron chi connectivity index (χ0n) is 11.3. The van der Waals surface area contributed by atoms with E-state index in [0.29, 0.717) is 17.7 Å². The van der Waals surface area contributed by atoms with Gasteiger partial charge in [-0.05, 0) is 25.1 Å². The third-order valence-electron chi connectivity index (χ3n) is 3.36. The summed E-state index contributed by atoms with van der Waals surface area (Å²) < 4.78 is 0.